The van der Waals surface area contributed by atoms with Crippen molar-refractivity contribution in [3.63, 3.8) is 0 Å². The average Bonchev–Trinajstić information content (AvgIpc) is 2.37. The zero-order valence-electron chi connectivity index (χ0n) is 11.0. The third-order valence-corrected chi connectivity index (χ3v) is 2.96. The van der Waals surface area contributed by atoms with E-state index in [9.17, 15) is 4.79 Å². The van der Waals surface area contributed by atoms with E-state index in [0.717, 1.165) is 18.5 Å². The van der Waals surface area contributed by atoms with Crippen molar-refractivity contribution >= 4 is 11.6 Å². The average molecular weight is 235 g/mol. The number of rotatable bonds is 5. The van der Waals surface area contributed by atoms with Crippen molar-refractivity contribution in [1.29, 1.82) is 0 Å². The number of nitrogens with one attached hydrogen (secondary N) is 1. The summed E-state index contributed by atoms with van der Waals surface area (Å²) in [7, 11) is 3.66. The molecule has 4 nitrogen and oxygen atoms in total. The molecule has 94 valence electrons. The molecule has 1 amide bonds. The van der Waals surface area contributed by atoms with Crippen molar-refractivity contribution in [2.24, 2.45) is 0 Å². The molecule has 1 rings (SSSR count). The van der Waals surface area contributed by atoms with E-state index in [1.165, 1.54) is 0 Å². The van der Waals surface area contributed by atoms with Crippen LogP contribution in [-0.4, -0.2) is 35.9 Å². The molecule has 0 aliphatic rings. The lowest BCUT2D eigenvalue weighted by molar-refractivity contribution is 0.0731. The van der Waals surface area contributed by atoms with Crippen LogP contribution >= 0.6 is 0 Å². The first-order chi connectivity index (χ1) is 8.10. The first-order valence-corrected chi connectivity index (χ1v) is 6.01. The van der Waals surface area contributed by atoms with Gasteiger partial charge in [-0.05, 0) is 25.5 Å². The van der Waals surface area contributed by atoms with Gasteiger partial charge in [0.25, 0.3) is 5.91 Å². The topological polar surface area (TPSA) is 45.2 Å². The maximum Gasteiger partial charge on any atom is 0.272 e. The molecular formula is C13H21N3O. The molecule has 0 bridgehead atoms. The van der Waals surface area contributed by atoms with Crippen LogP contribution < -0.4 is 5.32 Å². The minimum Gasteiger partial charge on any atom is -0.388 e. The van der Waals surface area contributed by atoms with Gasteiger partial charge < -0.3 is 10.2 Å². The quantitative estimate of drug-likeness (QED) is 0.852. The molecule has 4 heteroatoms. The highest BCUT2D eigenvalue weighted by Gasteiger charge is 2.17. The van der Waals surface area contributed by atoms with Crippen LogP contribution in [0.2, 0.25) is 0 Å². The van der Waals surface area contributed by atoms with Crippen LogP contribution in [0.1, 0.15) is 37.2 Å². The summed E-state index contributed by atoms with van der Waals surface area (Å²) in [4.78, 5) is 18.0. The van der Waals surface area contributed by atoms with Crippen molar-refractivity contribution in [3.05, 3.63) is 24.0 Å². The molecule has 0 spiro atoms. The molecule has 1 N–H and O–H groups in total. The molecule has 0 fully saturated rings. The number of hydrogen-bond acceptors (Lipinski definition) is 3. The first-order valence-electron chi connectivity index (χ1n) is 6.01. The highest BCUT2D eigenvalue weighted by molar-refractivity contribution is 5.93. The fraction of sp³-hybridized carbons (Fsp3) is 0.538. The second kappa shape index (κ2) is 6.23. The van der Waals surface area contributed by atoms with Crippen LogP contribution in [-0.2, 0) is 0 Å². The lowest BCUT2D eigenvalue weighted by atomic mass is 10.1. The second-order valence-corrected chi connectivity index (χ2v) is 4.23. The Balaban J connectivity index is 2.80. The first kappa shape index (κ1) is 13.5. The minimum absolute atomic E-state index is 0.0250. The summed E-state index contributed by atoms with van der Waals surface area (Å²) >= 11 is 0. The highest BCUT2D eigenvalue weighted by atomic mass is 16.2. The van der Waals surface area contributed by atoms with Gasteiger partial charge in [0.2, 0.25) is 0 Å². The molecule has 1 aromatic rings. The summed E-state index contributed by atoms with van der Waals surface area (Å²) in [6, 6.07) is 3.86. The van der Waals surface area contributed by atoms with Crippen LogP contribution in [0, 0.1) is 0 Å². The fourth-order valence-electron chi connectivity index (χ4n) is 1.70. The van der Waals surface area contributed by atoms with Crippen molar-refractivity contribution in [2.75, 3.05) is 19.4 Å². The Morgan fingerprint density at radius 1 is 1.59 bits per heavy atom. The third kappa shape index (κ3) is 3.44. The van der Waals surface area contributed by atoms with Gasteiger partial charge in [0, 0.05) is 32.0 Å². The van der Waals surface area contributed by atoms with E-state index in [0.29, 0.717) is 5.69 Å². The van der Waals surface area contributed by atoms with Gasteiger partial charge in [0.1, 0.15) is 5.69 Å². The predicted molar refractivity (Wildman–Crippen MR) is 70.2 cm³/mol. The van der Waals surface area contributed by atoms with Gasteiger partial charge in [-0.2, -0.15) is 0 Å². The molecule has 1 heterocycles. The van der Waals surface area contributed by atoms with Gasteiger partial charge in [-0.1, -0.05) is 13.3 Å². The zero-order chi connectivity index (χ0) is 12.8. The molecule has 0 aromatic carbocycles. The smallest absolute Gasteiger partial charge is 0.272 e. The van der Waals surface area contributed by atoms with E-state index in [1.807, 2.05) is 20.2 Å². The summed E-state index contributed by atoms with van der Waals surface area (Å²) in [5, 5.41) is 3.00. The van der Waals surface area contributed by atoms with Gasteiger partial charge in [-0.25, -0.2) is 0 Å². The standard InChI is InChI=1S/C13H21N3O/c1-5-6-10(2)16(4)13(17)12-9-11(14-3)7-8-15-12/h7-10H,5-6H2,1-4H3,(H,14,15). The van der Waals surface area contributed by atoms with Crippen LogP contribution in [0.15, 0.2) is 18.3 Å². The fourth-order valence-corrected chi connectivity index (χ4v) is 1.70. The summed E-state index contributed by atoms with van der Waals surface area (Å²) in [6.07, 6.45) is 3.73. The number of amides is 1. The number of pyridine rings is 1. The van der Waals surface area contributed by atoms with E-state index in [-0.39, 0.29) is 11.9 Å². The van der Waals surface area contributed by atoms with Crippen LogP contribution in [0.25, 0.3) is 0 Å². The van der Waals surface area contributed by atoms with Crippen molar-refractivity contribution in [2.45, 2.75) is 32.7 Å². The molecule has 17 heavy (non-hydrogen) atoms. The van der Waals surface area contributed by atoms with Crippen molar-refractivity contribution in [3.8, 4) is 0 Å². The van der Waals surface area contributed by atoms with Gasteiger partial charge in [0.05, 0.1) is 0 Å². The summed E-state index contributed by atoms with van der Waals surface area (Å²) < 4.78 is 0. The van der Waals surface area contributed by atoms with Gasteiger partial charge in [-0.3, -0.25) is 9.78 Å². The van der Waals surface area contributed by atoms with E-state index >= 15 is 0 Å². The summed E-state index contributed by atoms with van der Waals surface area (Å²) in [6.45, 7) is 4.18. The molecule has 0 saturated carbocycles. The Bertz CT molecular complexity index is 379. The normalized spacial score (nSPS) is 12.0. The molecule has 0 radical (unpaired) electrons. The lowest BCUT2D eigenvalue weighted by Gasteiger charge is -2.24. The van der Waals surface area contributed by atoms with Crippen LogP contribution in [0.3, 0.4) is 0 Å². The molecule has 0 saturated heterocycles. The Labute approximate surface area is 103 Å². The Kier molecular flexibility index (Phi) is 4.94. The Hall–Kier alpha value is -1.58. The molecule has 0 aliphatic carbocycles. The van der Waals surface area contributed by atoms with E-state index in [4.69, 9.17) is 0 Å². The molecule has 1 atom stereocenters. The summed E-state index contributed by atoms with van der Waals surface area (Å²) in [5.74, 6) is -0.0250. The monoisotopic (exact) mass is 235 g/mol. The Morgan fingerprint density at radius 3 is 2.88 bits per heavy atom. The maximum absolute atomic E-state index is 12.2. The second-order valence-electron chi connectivity index (χ2n) is 4.23. The number of carbonyl (C=O) groups excluding carboxylic acids is 1. The van der Waals surface area contributed by atoms with E-state index < -0.39 is 0 Å². The highest BCUT2D eigenvalue weighted by Crippen LogP contribution is 2.12. The van der Waals surface area contributed by atoms with Crippen molar-refractivity contribution < 1.29 is 4.79 Å². The van der Waals surface area contributed by atoms with Gasteiger partial charge >= 0.3 is 0 Å². The predicted octanol–water partition coefficient (Wildman–Crippen LogP) is 2.38. The molecule has 1 aromatic heterocycles. The lowest BCUT2D eigenvalue weighted by Crippen LogP contribution is -2.35. The third-order valence-electron chi connectivity index (χ3n) is 2.96. The molecule has 1 unspecified atom stereocenters. The molecular weight excluding hydrogens is 214 g/mol. The molecule has 0 aliphatic heterocycles. The SMILES string of the molecule is CCCC(C)N(C)C(=O)c1cc(NC)ccn1. The number of aromatic nitrogens is 1. The van der Waals surface area contributed by atoms with Crippen LogP contribution in [0.5, 0.6) is 0 Å². The largest absolute Gasteiger partial charge is 0.388 e. The van der Waals surface area contributed by atoms with Crippen molar-refractivity contribution in [1.82, 2.24) is 9.88 Å². The number of hydrogen-bond donors (Lipinski definition) is 1. The minimum atomic E-state index is -0.0250. The van der Waals surface area contributed by atoms with Gasteiger partial charge in [-0.15, -0.1) is 0 Å². The van der Waals surface area contributed by atoms with E-state index in [1.54, 1.807) is 17.2 Å². The number of nitrogens with zero attached hydrogens (tertiary/aromatic N) is 2. The van der Waals surface area contributed by atoms with Crippen LogP contribution in [0.4, 0.5) is 5.69 Å². The van der Waals surface area contributed by atoms with E-state index in [2.05, 4.69) is 24.1 Å². The number of anilines is 1. The number of carbonyl (C=O) groups is 1. The summed E-state index contributed by atoms with van der Waals surface area (Å²) in [5.41, 5.74) is 1.39. The maximum atomic E-state index is 12.2. The Morgan fingerprint density at radius 2 is 2.29 bits per heavy atom. The van der Waals surface area contributed by atoms with Gasteiger partial charge in [0.15, 0.2) is 0 Å². The zero-order valence-corrected chi connectivity index (χ0v) is 11.0.